The molecule has 0 aliphatic carbocycles. The van der Waals surface area contributed by atoms with Crippen LogP contribution in [0.25, 0.3) is 0 Å². The van der Waals surface area contributed by atoms with Crippen molar-refractivity contribution in [3.63, 3.8) is 0 Å². The molecule has 1 aromatic carbocycles. The molecule has 0 aliphatic rings. The summed E-state index contributed by atoms with van der Waals surface area (Å²) in [6, 6.07) is 5.54. The minimum Gasteiger partial charge on any atom is -0.481 e. The standard InChI is InChI=1S/C33H53N3O8/c34-23-14-13-15-28(33(43)44)35-32(42)27-20-18-26(19-21-27)25-36(24-22-31(40)41)29(37)16-11-9-7-5-3-1-2-4-6-8-10-12-17-30(38)39/h18-21,28H,1-17,22-25,34H2,(H,35,42)(H,38,39)(H,40,41)(H,43,44)/t28-/m0/s1. The topological polar surface area (TPSA) is 187 Å². The largest absolute Gasteiger partial charge is 0.481 e. The van der Waals surface area contributed by atoms with E-state index in [1.54, 1.807) is 29.2 Å². The van der Waals surface area contributed by atoms with E-state index in [2.05, 4.69) is 5.32 Å². The van der Waals surface area contributed by atoms with Gasteiger partial charge in [0.1, 0.15) is 6.04 Å². The molecule has 6 N–H and O–H groups in total. The Morgan fingerprint density at radius 2 is 1.16 bits per heavy atom. The molecule has 11 nitrogen and oxygen atoms in total. The number of rotatable bonds is 27. The maximum atomic E-state index is 12.9. The van der Waals surface area contributed by atoms with Crippen molar-refractivity contribution < 1.29 is 39.3 Å². The number of carbonyl (C=O) groups excluding carboxylic acids is 2. The van der Waals surface area contributed by atoms with Gasteiger partial charge in [0, 0.05) is 31.5 Å². The van der Waals surface area contributed by atoms with Gasteiger partial charge in [-0.2, -0.15) is 0 Å². The zero-order chi connectivity index (χ0) is 32.6. The fraction of sp³-hybridized carbons (Fsp3) is 0.667. The number of nitrogens with one attached hydrogen (secondary N) is 1. The smallest absolute Gasteiger partial charge is 0.326 e. The molecule has 1 atom stereocenters. The number of nitrogens with zero attached hydrogens (tertiary/aromatic N) is 1. The van der Waals surface area contributed by atoms with Gasteiger partial charge in [0.05, 0.1) is 6.42 Å². The Hall–Kier alpha value is -3.47. The quantitative estimate of drug-likeness (QED) is 0.0809. The van der Waals surface area contributed by atoms with Crippen molar-refractivity contribution in [3.8, 4) is 0 Å². The van der Waals surface area contributed by atoms with Crippen molar-refractivity contribution in [1.29, 1.82) is 0 Å². The molecule has 11 heteroatoms. The van der Waals surface area contributed by atoms with Crippen LogP contribution >= 0.6 is 0 Å². The Balaban J connectivity index is 2.41. The lowest BCUT2D eigenvalue weighted by atomic mass is 10.0. The van der Waals surface area contributed by atoms with E-state index in [0.717, 1.165) is 63.4 Å². The van der Waals surface area contributed by atoms with E-state index in [1.807, 2.05) is 0 Å². The molecule has 0 saturated heterocycles. The first-order valence-electron chi connectivity index (χ1n) is 16.2. The molecule has 1 rings (SSSR count). The summed E-state index contributed by atoms with van der Waals surface area (Å²) in [6.07, 6.45) is 14.6. The number of hydrogen-bond acceptors (Lipinski definition) is 6. The molecule has 44 heavy (non-hydrogen) atoms. The van der Waals surface area contributed by atoms with Crippen molar-refractivity contribution in [2.24, 2.45) is 5.73 Å². The first-order valence-corrected chi connectivity index (χ1v) is 16.2. The summed E-state index contributed by atoms with van der Waals surface area (Å²) in [6.45, 7) is 0.778. The first kappa shape index (κ1) is 38.6. The van der Waals surface area contributed by atoms with Gasteiger partial charge in [0.2, 0.25) is 5.91 Å². The van der Waals surface area contributed by atoms with Crippen LogP contribution < -0.4 is 11.1 Å². The van der Waals surface area contributed by atoms with E-state index >= 15 is 0 Å². The van der Waals surface area contributed by atoms with Gasteiger partial charge < -0.3 is 31.3 Å². The second kappa shape index (κ2) is 23.9. The van der Waals surface area contributed by atoms with Crippen LogP contribution in [0.5, 0.6) is 0 Å². The minimum atomic E-state index is -1.10. The molecule has 0 heterocycles. The highest BCUT2D eigenvalue weighted by Gasteiger charge is 2.20. The van der Waals surface area contributed by atoms with Gasteiger partial charge in [-0.05, 0) is 56.3 Å². The summed E-state index contributed by atoms with van der Waals surface area (Å²) in [5.41, 5.74) is 6.51. The monoisotopic (exact) mass is 619 g/mol. The zero-order valence-corrected chi connectivity index (χ0v) is 26.1. The van der Waals surface area contributed by atoms with Crippen molar-refractivity contribution in [3.05, 3.63) is 35.4 Å². The van der Waals surface area contributed by atoms with Crippen LogP contribution in [0, 0.1) is 0 Å². The number of nitrogens with two attached hydrogens (primary N) is 1. The van der Waals surface area contributed by atoms with Gasteiger partial charge in [0.15, 0.2) is 0 Å². The van der Waals surface area contributed by atoms with Crippen LogP contribution in [0.4, 0.5) is 0 Å². The number of carboxylic acids is 3. The predicted octanol–water partition coefficient (Wildman–Crippen LogP) is 5.35. The molecule has 0 radical (unpaired) electrons. The molecule has 0 spiro atoms. The fourth-order valence-electron chi connectivity index (χ4n) is 4.97. The third kappa shape index (κ3) is 18.9. The van der Waals surface area contributed by atoms with Gasteiger partial charge in [0.25, 0.3) is 5.91 Å². The van der Waals surface area contributed by atoms with Crippen LogP contribution in [0.2, 0.25) is 0 Å². The number of amides is 2. The van der Waals surface area contributed by atoms with Gasteiger partial charge in [-0.15, -0.1) is 0 Å². The van der Waals surface area contributed by atoms with Crippen LogP contribution in [0.1, 0.15) is 131 Å². The normalized spacial score (nSPS) is 11.6. The van der Waals surface area contributed by atoms with Crippen LogP contribution in [0.3, 0.4) is 0 Å². The van der Waals surface area contributed by atoms with Crippen LogP contribution in [0.15, 0.2) is 24.3 Å². The summed E-state index contributed by atoms with van der Waals surface area (Å²) >= 11 is 0. The molecule has 0 aromatic heterocycles. The highest BCUT2D eigenvalue weighted by molar-refractivity contribution is 5.96. The molecule has 0 bridgehead atoms. The summed E-state index contributed by atoms with van der Waals surface area (Å²) in [5, 5.41) is 29.7. The summed E-state index contributed by atoms with van der Waals surface area (Å²) in [7, 11) is 0. The summed E-state index contributed by atoms with van der Waals surface area (Å²) < 4.78 is 0. The van der Waals surface area contributed by atoms with E-state index in [9.17, 15) is 29.1 Å². The van der Waals surface area contributed by atoms with E-state index < -0.39 is 29.9 Å². The Morgan fingerprint density at radius 3 is 1.64 bits per heavy atom. The maximum Gasteiger partial charge on any atom is 0.326 e. The first-order chi connectivity index (χ1) is 21.1. The number of carbonyl (C=O) groups is 5. The Kier molecular flexibility index (Phi) is 21.0. The van der Waals surface area contributed by atoms with Gasteiger partial charge in [-0.3, -0.25) is 19.2 Å². The van der Waals surface area contributed by atoms with Crippen LogP contribution in [-0.4, -0.2) is 69.1 Å². The number of benzene rings is 1. The molecule has 0 aliphatic heterocycles. The van der Waals surface area contributed by atoms with E-state index in [0.29, 0.717) is 31.4 Å². The number of aliphatic carboxylic acids is 3. The molecule has 248 valence electrons. The molecule has 0 saturated carbocycles. The van der Waals surface area contributed by atoms with Gasteiger partial charge in [-0.25, -0.2) is 4.79 Å². The number of hydrogen-bond donors (Lipinski definition) is 5. The Labute approximate surface area is 261 Å². The van der Waals surface area contributed by atoms with Crippen molar-refractivity contribution in [1.82, 2.24) is 10.2 Å². The third-order valence-corrected chi connectivity index (χ3v) is 7.62. The Morgan fingerprint density at radius 1 is 0.659 bits per heavy atom. The second-order valence-electron chi connectivity index (χ2n) is 11.4. The molecular formula is C33H53N3O8. The van der Waals surface area contributed by atoms with Gasteiger partial charge >= 0.3 is 17.9 Å². The highest BCUT2D eigenvalue weighted by atomic mass is 16.4. The van der Waals surface area contributed by atoms with E-state index in [-0.39, 0.29) is 38.3 Å². The SMILES string of the molecule is NCCCC[C@H](NC(=O)c1ccc(CN(CCC(=O)O)C(=O)CCCCCCCCCCCCCCC(=O)O)cc1)C(=O)O. The average Bonchev–Trinajstić information content (AvgIpc) is 2.98. The van der Waals surface area contributed by atoms with E-state index in [4.69, 9.17) is 15.9 Å². The van der Waals surface area contributed by atoms with Crippen molar-refractivity contribution in [2.45, 2.75) is 128 Å². The lowest BCUT2D eigenvalue weighted by Crippen LogP contribution is -2.40. The predicted molar refractivity (Wildman–Crippen MR) is 168 cm³/mol. The summed E-state index contributed by atoms with van der Waals surface area (Å²) in [4.78, 5) is 60.2. The summed E-state index contributed by atoms with van der Waals surface area (Å²) in [5.74, 6) is -3.40. The molecular weight excluding hydrogens is 566 g/mol. The maximum absolute atomic E-state index is 12.9. The average molecular weight is 620 g/mol. The lowest BCUT2D eigenvalue weighted by Gasteiger charge is -2.22. The second-order valence-corrected chi connectivity index (χ2v) is 11.4. The molecule has 2 amide bonds. The molecule has 1 aromatic rings. The van der Waals surface area contributed by atoms with E-state index in [1.165, 1.54) is 19.3 Å². The van der Waals surface area contributed by atoms with Crippen molar-refractivity contribution >= 4 is 29.7 Å². The van der Waals surface area contributed by atoms with Crippen molar-refractivity contribution in [2.75, 3.05) is 13.1 Å². The molecule has 0 fully saturated rings. The third-order valence-electron chi connectivity index (χ3n) is 7.62. The number of unbranched alkanes of at least 4 members (excludes halogenated alkanes) is 12. The molecule has 0 unspecified atom stereocenters. The van der Waals surface area contributed by atoms with Crippen LogP contribution in [-0.2, 0) is 25.7 Å². The highest BCUT2D eigenvalue weighted by Crippen LogP contribution is 2.15. The van der Waals surface area contributed by atoms with Gasteiger partial charge in [-0.1, -0.05) is 76.3 Å². The Bertz CT molecular complexity index is 999. The minimum absolute atomic E-state index is 0.0963. The number of carboxylic acid groups (broad SMARTS) is 3. The zero-order valence-electron chi connectivity index (χ0n) is 26.1. The fourth-order valence-corrected chi connectivity index (χ4v) is 4.97. The lowest BCUT2D eigenvalue weighted by molar-refractivity contribution is -0.140.